The molecule has 0 aliphatic rings. The first-order valence-electron chi connectivity index (χ1n) is 6.61. The predicted octanol–water partition coefficient (Wildman–Crippen LogP) is 3.05. The zero-order valence-corrected chi connectivity index (χ0v) is 11.9. The number of hydrogen-bond acceptors (Lipinski definition) is 5. The summed E-state index contributed by atoms with van der Waals surface area (Å²) >= 11 is 0. The first-order valence-corrected chi connectivity index (χ1v) is 6.61. The van der Waals surface area contributed by atoms with Crippen LogP contribution >= 0.6 is 0 Å². The van der Waals surface area contributed by atoms with Gasteiger partial charge in [0.2, 0.25) is 5.82 Å². The van der Waals surface area contributed by atoms with E-state index in [0.717, 1.165) is 16.8 Å². The van der Waals surface area contributed by atoms with Crippen LogP contribution in [0, 0.1) is 0 Å². The Morgan fingerprint density at radius 1 is 1.00 bits per heavy atom. The quantitative estimate of drug-likeness (QED) is 0.747. The van der Waals surface area contributed by atoms with Crippen molar-refractivity contribution in [3.63, 3.8) is 0 Å². The van der Waals surface area contributed by atoms with Crippen molar-refractivity contribution < 1.29 is 4.52 Å². The molecule has 106 valence electrons. The van der Waals surface area contributed by atoms with Gasteiger partial charge in [-0.25, -0.2) is 0 Å². The summed E-state index contributed by atoms with van der Waals surface area (Å²) in [6.07, 6.45) is 0. The summed E-state index contributed by atoms with van der Waals surface area (Å²) in [7, 11) is 4.00. The van der Waals surface area contributed by atoms with Gasteiger partial charge in [-0.3, -0.25) is 0 Å². The fraction of sp³-hybridized carbons (Fsp3) is 0.125. The summed E-state index contributed by atoms with van der Waals surface area (Å²) in [6, 6.07) is 15.4. The SMILES string of the molecule is CN(C)c1ccc(-c2noc(-c3ccccc3N)n2)cc1. The zero-order chi connectivity index (χ0) is 14.8. The van der Waals surface area contributed by atoms with Crippen LogP contribution in [-0.4, -0.2) is 24.2 Å². The van der Waals surface area contributed by atoms with E-state index in [4.69, 9.17) is 10.3 Å². The Hall–Kier alpha value is -2.82. The van der Waals surface area contributed by atoms with Gasteiger partial charge in [-0.1, -0.05) is 17.3 Å². The number of rotatable bonds is 3. The molecule has 0 saturated heterocycles. The highest BCUT2D eigenvalue weighted by molar-refractivity contribution is 5.71. The van der Waals surface area contributed by atoms with Gasteiger partial charge in [0, 0.05) is 31.0 Å². The largest absolute Gasteiger partial charge is 0.398 e. The third-order valence-corrected chi connectivity index (χ3v) is 3.26. The van der Waals surface area contributed by atoms with Crippen LogP contribution in [0.4, 0.5) is 11.4 Å². The van der Waals surface area contributed by atoms with E-state index >= 15 is 0 Å². The molecular formula is C16H16N4O. The highest BCUT2D eigenvalue weighted by Crippen LogP contribution is 2.27. The summed E-state index contributed by atoms with van der Waals surface area (Å²) in [4.78, 5) is 6.45. The molecule has 2 aromatic carbocycles. The van der Waals surface area contributed by atoms with Crippen LogP contribution in [-0.2, 0) is 0 Å². The van der Waals surface area contributed by atoms with E-state index in [1.165, 1.54) is 0 Å². The normalized spacial score (nSPS) is 10.6. The van der Waals surface area contributed by atoms with Crippen LogP contribution in [0.25, 0.3) is 22.8 Å². The minimum absolute atomic E-state index is 0.430. The standard InChI is InChI=1S/C16H16N4O/c1-20(2)12-9-7-11(8-10-12)15-18-16(21-19-15)13-5-3-4-6-14(13)17/h3-10H,17H2,1-2H3. The van der Waals surface area contributed by atoms with E-state index in [0.29, 0.717) is 17.4 Å². The molecule has 0 bridgehead atoms. The van der Waals surface area contributed by atoms with Gasteiger partial charge in [0.25, 0.3) is 5.89 Å². The van der Waals surface area contributed by atoms with E-state index in [-0.39, 0.29) is 0 Å². The second kappa shape index (κ2) is 5.28. The lowest BCUT2D eigenvalue weighted by atomic mass is 10.1. The van der Waals surface area contributed by atoms with Crippen molar-refractivity contribution in [1.29, 1.82) is 0 Å². The summed E-state index contributed by atoms with van der Waals surface area (Å²) in [5.41, 5.74) is 9.32. The number of benzene rings is 2. The molecule has 1 aromatic heterocycles. The molecule has 0 aliphatic carbocycles. The minimum Gasteiger partial charge on any atom is -0.398 e. The number of hydrogen-bond donors (Lipinski definition) is 1. The van der Waals surface area contributed by atoms with Crippen molar-refractivity contribution in [2.75, 3.05) is 24.7 Å². The Labute approximate surface area is 123 Å². The van der Waals surface area contributed by atoms with Crippen molar-refractivity contribution in [3.8, 4) is 22.8 Å². The Bertz CT molecular complexity index is 747. The number of nitrogens with two attached hydrogens (primary N) is 1. The molecule has 2 N–H and O–H groups in total. The fourth-order valence-corrected chi connectivity index (χ4v) is 2.05. The maximum absolute atomic E-state index is 5.92. The molecule has 0 atom stereocenters. The number of aromatic nitrogens is 2. The second-order valence-electron chi connectivity index (χ2n) is 4.95. The van der Waals surface area contributed by atoms with Gasteiger partial charge in [-0.2, -0.15) is 4.98 Å². The lowest BCUT2D eigenvalue weighted by molar-refractivity contribution is 0.432. The van der Waals surface area contributed by atoms with E-state index in [9.17, 15) is 0 Å². The van der Waals surface area contributed by atoms with E-state index in [2.05, 4.69) is 10.1 Å². The number of nitrogen functional groups attached to an aromatic ring is 1. The highest BCUT2D eigenvalue weighted by Gasteiger charge is 2.12. The average Bonchev–Trinajstić information content (AvgIpc) is 2.97. The first kappa shape index (κ1) is 13.2. The van der Waals surface area contributed by atoms with Crippen molar-refractivity contribution in [2.45, 2.75) is 0 Å². The highest BCUT2D eigenvalue weighted by atomic mass is 16.5. The van der Waals surface area contributed by atoms with Crippen LogP contribution in [0.2, 0.25) is 0 Å². The second-order valence-corrected chi connectivity index (χ2v) is 4.95. The number of anilines is 2. The monoisotopic (exact) mass is 280 g/mol. The van der Waals surface area contributed by atoms with Crippen LogP contribution in [0.5, 0.6) is 0 Å². The molecule has 0 saturated carbocycles. The molecule has 0 aliphatic heterocycles. The summed E-state index contributed by atoms with van der Waals surface area (Å²) in [6.45, 7) is 0. The maximum Gasteiger partial charge on any atom is 0.260 e. The lowest BCUT2D eigenvalue weighted by Crippen LogP contribution is -2.07. The molecule has 5 nitrogen and oxygen atoms in total. The number of para-hydroxylation sites is 1. The molecule has 0 radical (unpaired) electrons. The van der Waals surface area contributed by atoms with Crippen molar-refractivity contribution in [3.05, 3.63) is 48.5 Å². The van der Waals surface area contributed by atoms with Gasteiger partial charge >= 0.3 is 0 Å². The molecule has 0 fully saturated rings. The molecular weight excluding hydrogens is 264 g/mol. The van der Waals surface area contributed by atoms with Gasteiger partial charge in [0.05, 0.1) is 5.56 Å². The van der Waals surface area contributed by atoms with Crippen molar-refractivity contribution in [2.24, 2.45) is 0 Å². The Balaban J connectivity index is 1.93. The molecule has 3 aromatic rings. The summed E-state index contributed by atoms with van der Waals surface area (Å²) < 4.78 is 5.31. The molecule has 0 spiro atoms. The van der Waals surface area contributed by atoms with Gasteiger partial charge in [-0.05, 0) is 36.4 Å². The van der Waals surface area contributed by atoms with Crippen molar-refractivity contribution >= 4 is 11.4 Å². The van der Waals surface area contributed by atoms with Gasteiger partial charge < -0.3 is 15.2 Å². The molecule has 5 heteroatoms. The van der Waals surface area contributed by atoms with Gasteiger partial charge in [0.1, 0.15) is 0 Å². The maximum atomic E-state index is 5.92. The molecule has 0 amide bonds. The van der Waals surface area contributed by atoms with Crippen LogP contribution < -0.4 is 10.6 Å². The van der Waals surface area contributed by atoms with Crippen LogP contribution in [0.15, 0.2) is 53.1 Å². The molecule has 0 unspecified atom stereocenters. The smallest absolute Gasteiger partial charge is 0.260 e. The van der Waals surface area contributed by atoms with Crippen LogP contribution in [0.1, 0.15) is 0 Å². The summed E-state index contributed by atoms with van der Waals surface area (Å²) in [5.74, 6) is 0.985. The van der Waals surface area contributed by atoms with Crippen LogP contribution in [0.3, 0.4) is 0 Å². The van der Waals surface area contributed by atoms with E-state index in [1.807, 2.05) is 67.5 Å². The predicted molar refractivity (Wildman–Crippen MR) is 83.9 cm³/mol. The van der Waals surface area contributed by atoms with Crippen molar-refractivity contribution in [1.82, 2.24) is 10.1 Å². The lowest BCUT2D eigenvalue weighted by Gasteiger charge is -2.11. The molecule has 21 heavy (non-hydrogen) atoms. The topological polar surface area (TPSA) is 68.2 Å². The molecule has 3 rings (SSSR count). The minimum atomic E-state index is 0.430. The Morgan fingerprint density at radius 3 is 2.38 bits per heavy atom. The fourth-order valence-electron chi connectivity index (χ4n) is 2.05. The van der Waals surface area contributed by atoms with Gasteiger partial charge in [0.15, 0.2) is 0 Å². The Morgan fingerprint density at radius 2 is 1.71 bits per heavy atom. The van der Waals surface area contributed by atoms with Gasteiger partial charge in [-0.15, -0.1) is 0 Å². The Kier molecular flexibility index (Phi) is 3.31. The van der Waals surface area contributed by atoms with E-state index in [1.54, 1.807) is 0 Å². The first-order chi connectivity index (χ1) is 10.1. The molecule has 1 heterocycles. The summed E-state index contributed by atoms with van der Waals surface area (Å²) in [5, 5.41) is 4.02. The average molecular weight is 280 g/mol. The van der Waals surface area contributed by atoms with E-state index < -0.39 is 0 Å². The third-order valence-electron chi connectivity index (χ3n) is 3.26. The third kappa shape index (κ3) is 2.58. The number of nitrogens with zero attached hydrogens (tertiary/aromatic N) is 3. The zero-order valence-electron chi connectivity index (χ0n) is 11.9.